The molecule has 0 spiro atoms. The molecule has 6 heteroatoms. The Bertz CT molecular complexity index is 1160. The van der Waals surface area contributed by atoms with Crippen LogP contribution in [0.5, 0.6) is 5.75 Å². The van der Waals surface area contributed by atoms with E-state index in [0.29, 0.717) is 30.7 Å². The Morgan fingerprint density at radius 2 is 1.94 bits per heavy atom. The number of nitrogens with one attached hydrogen (secondary N) is 1. The number of aromatic nitrogens is 1. The molecule has 2 heterocycles. The molecule has 2 aromatic carbocycles. The molecule has 0 saturated heterocycles. The van der Waals surface area contributed by atoms with Crippen molar-refractivity contribution in [3.05, 3.63) is 107 Å². The van der Waals surface area contributed by atoms with Crippen LogP contribution in [0.1, 0.15) is 39.5 Å². The van der Waals surface area contributed by atoms with Crippen LogP contribution >= 0.6 is 0 Å². The van der Waals surface area contributed by atoms with Crippen LogP contribution in [0.4, 0.5) is 0 Å². The van der Waals surface area contributed by atoms with Gasteiger partial charge in [-0.05, 0) is 48.2 Å². The highest BCUT2D eigenvalue weighted by Crippen LogP contribution is 2.28. The SMILES string of the molecule is COc1ccc(C)c(C(=O)N[C@H](Cc2ccccc2)C(=O)N2CC=CCC2c2cccnc2)c1. The summed E-state index contributed by atoms with van der Waals surface area (Å²) < 4.78 is 5.30. The highest BCUT2D eigenvalue weighted by Gasteiger charge is 2.32. The van der Waals surface area contributed by atoms with Gasteiger partial charge < -0.3 is 15.0 Å². The highest BCUT2D eigenvalue weighted by molar-refractivity contribution is 5.99. The molecule has 4 rings (SSSR count). The molecule has 0 bridgehead atoms. The highest BCUT2D eigenvalue weighted by atomic mass is 16.5. The van der Waals surface area contributed by atoms with Gasteiger partial charge in [0.25, 0.3) is 5.91 Å². The molecule has 34 heavy (non-hydrogen) atoms. The molecule has 3 aromatic rings. The average Bonchev–Trinajstić information content (AvgIpc) is 2.89. The quantitative estimate of drug-likeness (QED) is 0.540. The molecule has 1 aromatic heterocycles. The fraction of sp³-hybridized carbons (Fsp3) is 0.250. The third-order valence-electron chi connectivity index (χ3n) is 6.13. The van der Waals surface area contributed by atoms with Gasteiger partial charge in [0.2, 0.25) is 5.91 Å². The van der Waals surface area contributed by atoms with Gasteiger partial charge in [0.15, 0.2) is 0 Å². The first-order chi connectivity index (χ1) is 16.6. The molecule has 2 atom stereocenters. The topological polar surface area (TPSA) is 71.5 Å². The summed E-state index contributed by atoms with van der Waals surface area (Å²) in [6.07, 6.45) is 8.72. The Hall–Kier alpha value is -3.93. The number of methoxy groups -OCH3 is 1. The zero-order valence-corrected chi connectivity index (χ0v) is 19.5. The predicted molar refractivity (Wildman–Crippen MR) is 132 cm³/mol. The number of rotatable bonds is 7. The zero-order chi connectivity index (χ0) is 23.9. The minimum atomic E-state index is -0.717. The van der Waals surface area contributed by atoms with Gasteiger partial charge in [0.05, 0.1) is 13.2 Å². The third kappa shape index (κ3) is 5.34. The fourth-order valence-electron chi connectivity index (χ4n) is 4.26. The van der Waals surface area contributed by atoms with Crippen molar-refractivity contribution in [3.8, 4) is 5.75 Å². The first-order valence-electron chi connectivity index (χ1n) is 11.4. The maximum atomic E-state index is 13.9. The van der Waals surface area contributed by atoms with Gasteiger partial charge in [-0.15, -0.1) is 0 Å². The minimum Gasteiger partial charge on any atom is -0.497 e. The molecule has 0 fully saturated rings. The van der Waals surface area contributed by atoms with Gasteiger partial charge in [-0.2, -0.15) is 0 Å². The summed E-state index contributed by atoms with van der Waals surface area (Å²) in [5.74, 6) is 0.187. The van der Waals surface area contributed by atoms with Gasteiger partial charge in [0, 0.05) is 30.9 Å². The van der Waals surface area contributed by atoms with Crippen molar-refractivity contribution < 1.29 is 14.3 Å². The number of hydrogen-bond donors (Lipinski definition) is 1. The van der Waals surface area contributed by atoms with Crippen LogP contribution in [0.25, 0.3) is 0 Å². The van der Waals surface area contributed by atoms with Crippen molar-refractivity contribution in [2.75, 3.05) is 13.7 Å². The van der Waals surface area contributed by atoms with Gasteiger partial charge >= 0.3 is 0 Å². The number of pyridine rings is 1. The van der Waals surface area contributed by atoms with Crippen molar-refractivity contribution in [3.63, 3.8) is 0 Å². The number of amides is 2. The molecule has 1 unspecified atom stereocenters. The second kappa shape index (κ2) is 10.8. The first-order valence-corrected chi connectivity index (χ1v) is 11.4. The molecule has 1 aliphatic heterocycles. The van der Waals surface area contributed by atoms with Crippen molar-refractivity contribution in [2.24, 2.45) is 0 Å². The maximum absolute atomic E-state index is 13.9. The Morgan fingerprint density at radius 3 is 2.68 bits per heavy atom. The van der Waals surface area contributed by atoms with Crippen LogP contribution in [-0.4, -0.2) is 41.4 Å². The number of ether oxygens (including phenoxy) is 1. The summed E-state index contributed by atoms with van der Waals surface area (Å²) in [6.45, 7) is 2.36. The van der Waals surface area contributed by atoms with Crippen molar-refractivity contribution in [1.82, 2.24) is 15.2 Å². The Kier molecular flexibility index (Phi) is 7.38. The fourth-order valence-corrected chi connectivity index (χ4v) is 4.26. The molecule has 0 saturated carbocycles. The lowest BCUT2D eigenvalue weighted by Crippen LogP contribution is -2.51. The van der Waals surface area contributed by atoms with Crippen LogP contribution in [0, 0.1) is 6.92 Å². The van der Waals surface area contributed by atoms with E-state index in [4.69, 9.17) is 4.74 Å². The number of aryl methyl sites for hydroxylation is 1. The Labute approximate surface area is 200 Å². The number of carbonyl (C=O) groups excluding carboxylic acids is 2. The molecule has 6 nitrogen and oxygen atoms in total. The minimum absolute atomic E-state index is 0.115. The van der Waals surface area contributed by atoms with E-state index in [1.54, 1.807) is 25.6 Å². The van der Waals surface area contributed by atoms with Gasteiger partial charge in [-0.1, -0.05) is 54.6 Å². The van der Waals surface area contributed by atoms with E-state index in [2.05, 4.69) is 16.4 Å². The average molecular weight is 456 g/mol. The smallest absolute Gasteiger partial charge is 0.252 e. The lowest BCUT2D eigenvalue weighted by Gasteiger charge is -2.36. The summed E-state index contributed by atoms with van der Waals surface area (Å²) in [4.78, 5) is 33.3. The summed E-state index contributed by atoms with van der Waals surface area (Å²) in [5, 5.41) is 3.02. The van der Waals surface area contributed by atoms with Crippen molar-refractivity contribution in [1.29, 1.82) is 0 Å². The standard InChI is InChI=1S/C28H29N3O3/c1-20-13-14-23(34-2)18-24(20)27(32)30-25(17-21-9-4-3-5-10-21)28(33)31-16-7-6-12-26(31)22-11-8-15-29-19-22/h3-11,13-15,18-19,25-26H,12,16-17H2,1-2H3,(H,30,32)/t25-,26?/m1/s1. The second-order valence-electron chi connectivity index (χ2n) is 8.40. The van der Waals surface area contributed by atoms with Crippen LogP contribution < -0.4 is 10.1 Å². The van der Waals surface area contributed by atoms with E-state index in [1.807, 2.05) is 72.5 Å². The van der Waals surface area contributed by atoms with E-state index in [0.717, 1.165) is 16.7 Å². The van der Waals surface area contributed by atoms with Gasteiger partial charge in [0.1, 0.15) is 11.8 Å². The van der Waals surface area contributed by atoms with E-state index in [1.165, 1.54) is 0 Å². The van der Waals surface area contributed by atoms with Gasteiger partial charge in [-0.3, -0.25) is 14.6 Å². The number of hydrogen-bond acceptors (Lipinski definition) is 4. The molecule has 0 aliphatic carbocycles. The van der Waals surface area contributed by atoms with Crippen LogP contribution in [-0.2, 0) is 11.2 Å². The largest absolute Gasteiger partial charge is 0.497 e. The lowest BCUT2D eigenvalue weighted by atomic mass is 9.97. The Balaban J connectivity index is 1.63. The van der Waals surface area contributed by atoms with Crippen LogP contribution in [0.3, 0.4) is 0 Å². The lowest BCUT2D eigenvalue weighted by molar-refractivity contribution is -0.135. The Morgan fingerprint density at radius 1 is 1.12 bits per heavy atom. The first kappa shape index (κ1) is 23.2. The van der Waals surface area contributed by atoms with Crippen molar-refractivity contribution >= 4 is 11.8 Å². The van der Waals surface area contributed by atoms with E-state index < -0.39 is 6.04 Å². The molecule has 0 radical (unpaired) electrons. The summed E-state index contributed by atoms with van der Waals surface area (Å²) >= 11 is 0. The molecular formula is C28H29N3O3. The third-order valence-corrected chi connectivity index (χ3v) is 6.13. The van der Waals surface area contributed by atoms with Crippen molar-refractivity contribution in [2.45, 2.75) is 31.8 Å². The summed E-state index contributed by atoms with van der Waals surface area (Å²) in [6, 6.07) is 18.1. The molecular weight excluding hydrogens is 426 g/mol. The van der Waals surface area contributed by atoms with Crippen LogP contribution in [0.2, 0.25) is 0 Å². The number of benzene rings is 2. The zero-order valence-electron chi connectivity index (χ0n) is 19.5. The predicted octanol–water partition coefficient (Wildman–Crippen LogP) is 4.27. The van der Waals surface area contributed by atoms with E-state index >= 15 is 0 Å². The molecule has 2 amide bonds. The van der Waals surface area contributed by atoms with Gasteiger partial charge in [-0.25, -0.2) is 0 Å². The number of carbonyl (C=O) groups is 2. The summed E-state index contributed by atoms with van der Waals surface area (Å²) in [5.41, 5.74) is 3.27. The van der Waals surface area contributed by atoms with E-state index in [-0.39, 0.29) is 17.9 Å². The molecule has 174 valence electrons. The number of nitrogens with zero attached hydrogens (tertiary/aromatic N) is 2. The maximum Gasteiger partial charge on any atom is 0.252 e. The van der Waals surface area contributed by atoms with Crippen LogP contribution in [0.15, 0.2) is 85.2 Å². The molecule has 1 aliphatic rings. The van der Waals surface area contributed by atoms with E-state index in [9.17, 15) is 9.59 Å². The summed E-state index contributed by atoms with van der Waals surface area (Å²) in [7, 11) is 1.57. The monoisotopic (exact) mass is 455 g/mol. The molecule has 1 N–H and O–H groups in total. The normalized spacial score (nSPS) is 16.1. The second-order valence-corrected chi connectivity index (χ2v) is 8.40.